The van der Waals surface area contributed by atoms with Gasteiger partial charge in [-0.2, -0.15) is 0 Å². The molecule has 0 saturated heterocycles. The molecule has 1 aromatic heterocycles. The molecule has 2 aromatic rings. The third-order valence-electron chi connectivity index (χ3n) is 2.66. The number of likely N-dealkylation sites (N-methyl/N-ethyl adjacent to an activating group) is 1. The zero-order valence-electron chi connectivity index (χ0n) is 9.60. The Kier molecular flexibility index (Phi) is 4.23. The summed E-state index contributed by atoms with van der Waals surface area (Å²) < 4.78 is 1.11. The van der Waals surface area contributed by atoms with Gasteiger partial charge in [-0.1, -0.05) is 28.1 Å². The lowest BCUT2D eigenvalue weighted by molar-refractivity contribution is 0.587. The van der Waals surface area contributed by atoms with Crippen LogP contribution in [0.4, 0.5) is 0 Å². The molecule has 0 saturated carbocycles. The van der Waals surface area contributed by atoms with E-state index in [0.29, 0.717) is 0 Å². The number of aromatic nitrogens is 2. The first kappa shape index (κ1) is 12.2. The highest BCUT2D eigenvalue weighted by atomic mass is 79.9. The topological polar surface area (TPSA) is 37.8 Å². The van der Waals surface area contributed by atoms with Crippen molar-refractivity contribution in [1.29, 1.82) is 0 Å². The number of hydrogen-bond donors (Lipinski definition) is 1. The Hall–Kier alpha value is -1.26. The van der Waals surface area contributed by atoms with Gasteiger partial charge in [-0.3, -0.25) is 0 Å². The van der Waals surface area contributed by atoms with E-state index in [1.807, 2.05) is 31.6 Å². The van der Waals surface area contributed by atoms with Crippen LogP contribution in [0.3, 0.4) is 0 Å². The van der Waals surface area contributed by atoms with Crippen LogP contribution in [0.1, 0.15) is 17.2 Å². The zero-order chi connectivity index (χ0) is 12.1. The maximum atomic E-state index is 4.05. The van der Waals surface area contributed by atoms with Crippen molar-refractivity contribution in [2.75, 3.05) is 7.05 Å². The van der Waals surface area contributed by atoms with Gasteiger partial charge in [0.15, 0.2) is 0 Å². The van der Waals surface area contributed by atoms with Crippen molar-refractivity contribution in [3.63, 3.8) is 0 Å². The Labute approximate surface area is 109 Å². The standard InChI is InChI=1S/C13H14BrN3/c1-15-13(11-7-16-9-17-8-11)6-10-3-2-4-12(14)5-10/h2-5,7-9,13,15H,6H2,1H3. The summed E-state index contributed by atoms with van der Waals surface area (Å²) in [7, 11) is 1.95. The second-order valence-corrected chi connectivity index (χ2v) is 4.76. The molecule has 17 heavy (non-hydrogen) atoms. The predicted molar refractivity (Wildman–Crippen MR) is 71.7 cm³/mol. The molecule has 0 aliphatic rings. The molecule has 3 nitrogen and oxygen atoms in total. The molecule has 88 valence electrons. The highest BCUT2D eigenvalue weighted by Gasteiger charge is 2.10. The second-order valence-electron chi connectivity index (χ2n) is 3.85. The van der Waals surface area contributed by atoms with Gasteiger partial charge >= 0.3 is 0 Å². The number of halogens is 1. The molecule has 1 aromatic carbocycles. The van der Waals surface area contributed by atoms with Crippen LogP contribution in [-0.2, 0) is 6.42 Å². The van der Waals surface area contributed by atoms with Gasteiger partial charge in [0.05, 0.1) is 0 Å². The van der Waals surface area contributed by atoms with Crippen molar-refractivity contribution in [3.05, 3.63) is 58.6 Å². The van der Waals surface area contributed by atoms with Crippen LogP contribution in [0, 0.1) is 0 Å². The molecule has 1 unspecified atom stereocenters. The van der Waals surface area contributed by atoms with Gasteiger partial charge in [0, 0.05) is 28.5 Å². The number of benzene rings is 1. The summed E-state index contributed by atoms with van der Waals surface area (Å²) in [6.45, 7) is 0. The molecule has 0 amide bonds. The summed E-state index contributed by atoms with van der Waals surface area (Å²) in [4.78, 5) is 8.10. The van der Waals surface area contributed by atoms with Crippen molar-refractivity contribution in [2.24, 2.45) is 0 Å². The van der Waals surface area contributed by atoms with Crippen molar-refractivity contribution < 1.29 is 0 Å². The number of nitrogens with one attached hydrogen (secondary N) is 1. The smallest absolute Gasteiger partial charge is 0.115 e. The van der Waals surface area contributed by atoms with Crippen LogP contribution < -0.4 is 5.32 Å². The third kappa shape index (κ3) is 3.35. The largest absolute Gasteiger partial charge is 0.313 e. The molecule has 0 radical (unpaired) electrons. The monoisotopic (exact) mass is 291 g/mol. The van der Waals surface area contributed by atoms with E-state index in [0.717, 1.165) is 16.5 Å². The summed E-state index contributed by atoms with van der Waals surface area (Å²) in [6, 6.07) is 8.58. The Morgan fingerprint density at radius 3 is 2.71 bits per heavy atom. The highest BCUT2D eigenvalue weighted by Crippen LogP contribution is 2.19. The highest BCUT2D eigenvalue weighted by molar-refractivity contribution is 9.10. The summed E-state index contributed by atoms with van der Waals surface area (Å²) >= 11 is 3.49. The maximum Gasteiger partial charge on any atom is 0.115 e. The van der Waals surface area contributed by atoms with E-state index in [4.69, 9.17) is 0 Å². The molecule has 1 N–H and O–H groups in total. The first-order chi connectivity index (χ1) is 8.29. The molecule has 0 spiro atoms. The minimum absolute atomic E-state index is 0.241. The summed E-state index contributed by atoms with van der Waals surface area (Å²) in [5.41, 5.74) is 2.39. The summed E-state index contributed by atoms with van der Waals surface area (Å²) in [6.07, 6.45) is 6.18. The molecule has 1 heterocycles. The van der Waals surface area contributed by atoms with Crippen molar-refractivity contribution in [1.82, 2.24) is 15.3 Å². The average Bonchev–Trinajstić information content (AvgIpc) is 2.37. The van der Waals surface area contributed by atoms with Gasteiger partial charge in [-0.15, -0.1) is 0 Å². The fraction of sp³-hybridized carbons (Fsp3) is 0.231. The Balaban J connectivity index is 2.16. The summed E-state index contributed by atoms with van der Waals surface area (Å²) in [5.74, 6) is 0. The molecule has 1 atom stereocenters. The van der Waals surface area contributed by atoms with Gasteiger partial charge in [0.1, 0.15) is 6.33 Å². The predicted octanol–water partition coefficient (Wildman–Crippen LogP) is 2.74. The fourth-order valence-electron chi connectivity index (χ4n) is 1.78. The molecule has 2 rings (SSSR count). The van der Waals surface area contributed by atoms with Gasteiger partial charge in [0.25, 0.3) is 0 Å². The van der Waals surface area contributed by atoms with E-state index in [-0.39, 0.29) is 6.04 Å². The van der Waals surface area contributed by atoms with E-state index in [9.17, 15) is 0 Å². The molecular formula is C13H14BrN3. The molecule has 0 fully saturated rings. The lowest BCUT2D eigenvalue weighted by Crippen LogP contribution is -2.19. The van der Waals surface area contributed by atoms with Gasteiger partial charge in [-0.25, -0.2) is 9.97 Å². The zero-order valence-corrected chi connectivity index (χ0v) is 11.2. The SMILES string of the molecule is CNC(Cc1cccc(Br)c1)c1cncnc1. The van der Waals surface area contributed by atoms with Crippen LogP contribution in [0.15, 0.2) is 47.5 Å². The van der Waals surface area contributed by atoms with E-state index in [1.54, 1.807) is 6.33 Å². The van der Waals surface area contributed by atoms with Crippen LogP contribution in [0.2, 0.25) is 0 Å². The molecular weight excluding hydrogens is 278 g/mol. The first-order valence-electron chi connectivity index (χ1n) is 5.46. The van der Waals surface area contributed by atoms with Gasteiger partial charge in [-0.05, 0) is 31.2 Å². The van der Waals surface area contributed by atoms with Crippen LogP contribution in [0.25, 0.3) is 0 Å². The normalized spacial score (nSPS) is 12.4. The van der Waals surface area contributed by atoms with Crippen molar-refractivity contribution in [3.8, 4) is 0 Å². The average molecular weight is 292 g/mol. The molecule has 0 aliphatic heterocycles. The lowest BCUT2D eigenvalue weighted by atomic mass is 10.0. The molecule has 0 aliphatic carbocycles. The first-order valence-corrected chi connectivity index (χ1v) is 6.25. The second kappa shape index (κ2) is 5.89. The molecule has 4 heteroatoms. The number of nitrogens with zero attached hydrogens (tertiary/aromatic N) is 2. The van der Waals surface area contributed by atoms with Crippen molar-refractivity contribution >= 4 is 15.9 Å². The minimum Gasteiger partial charge on any atom is -0.313 e. The Bertz CT molecular complexity index is 473. The Morgan fingerprint density at radius 2 is 2.06 bits per heavy atom. The van der Waals surface area contributed by atoms with E-state index in [1.165, 1.54) is 5.56 Å². The number of hydrogen-bond acceptors (Lipinski definition) is 3. The lowest BCUT2D eigenvalue weighted by Gasteiger charge is -2.15. The fourth-order valence-corrected chi connectivity index (χ4v) is 2.22. The van der Waals surface area contributed by atoms with Gasteiger partial charge in [0.2, 0.25) is 0 Å². The van der Waals surface area contributed by atoms with E-state index in [2.05, 4.69) is 43.3 Å². The van der Waals surface area contributed by atoms with Crippen LogP contribution in [-0.4, -0.2) is 17.0 Å². The van der Waals surface area contributed by atoms with Crippen molar-refractivity contribution in [2.45, 2.75) is 12.5 Å². The summed E-state index contributed by atoms with van der Waals surface area (Å²) in [5, 5.41) is 3.29. The molecule has 0 bridgehead atoms. The van der Waals surface area contributed by atoms with Crippen LogP contribution in [0.5, 0.6) is 0 Å². The third-order valence-corrected chi connectivity index (χ3v) is 3.15. The number of rotatable bonds is 4. The Morgan fingerprint density at radius 1 is 1.29 bits per heavy atom. The van der Waals surface area contributed by atoms with E-state index >= 15 is 0 Å². The van der Waals surface area contributed by atoms with E-state index < -0.39 is 0 Å². The van der Waals surface area contributed by atoms with Crippen LogP contribution >= 0.6 is 15.9 Å². The minimum atomic E-state index is 0.241. The quantitative estimate of drug-likeness (QED) is 0.941. The van der Waals surface area contributed by atoms with Gasteiger partial charge < -0.3 is 5.32 Å². The maximum absolute atomic E-state index is 4.05.